The maximum Gasteiger partial charge on any atom is 0.255 e. The first-order chi connectivity index (χ1) is 23.6. The van der Waals surface area contributed by atoms with Crippen molar-refractivity contribution in [2.45, 2.75) is 76.9 Å². The zero-order chi connectivity index (χ0) is 35.2. The van der Waals surface area contributed by atoms with Crippen LogP contribution in [-0.2, 0) is 25.6 Å². The third-order valence-electron chi connectivity index (χ3n) is 8.84. The Labute approximate surface area is 289 Å². The molecule has 0 aliphatic carbocycles. The molecule has 2 aliphatic heterocycles. The van der Waals surface area contributed by atoms with E-state index in [9.17, 15) is 24.0 Å². The summed E-state index contributed by atoms with van der Waals surface area (Å²) in [5, 5.41) is 11.5. The van der Waals surface area contributed by atoms with Crippen LogP contribution < -0.4 is 26.0 Å². The maximum atomic E-state index is 13.9. The molecule has 3 atom stereocenters. The van der Waals surface area contributed by atoms with E-state index in [4.69, 9.17) is 4.74 Å². The largest absolute Gasteiger partial charge is 0.493 e. The number of benzene rings is 2. The topological polar surface area (TPSA) is 149 Å². The number of hydrogen-bond donors (Lipinski definition) is 4. The van der Waals surface area contributed by atoms with Crippen LogP contribution in [0.15, 0.2) is 54.6 Å². The Morgan fingerprint density at radius 2 is 1.51 bits per heavy atom. The monoisotopic (exact) mass is 676 g/mol. The molecule has 4 N–H and O–H groups in total. The van der Waals surface area contributed by atoms with Crippen molar-refractivity contribution in [1.29, 1.82) is 0 Å². The highest BCUT2D eigenvalue weighted by molar-refractivity contribution is 6.01. The van der Waals surface area contributed by atoms with Gasteiger partial charge in [-0.2, -0.15) is 0 Å². The summed E-state index contributed by atoms with van der Waals surface area (Å²) in [4.78, 5) is 72.2. The van der Waals surface area contributed by atoms with Gasteiger partial charge in [0.1, 0.15) is 23.9 Å². The summed E-state index contributed by atoms with van der Waals surface area (Å²) in [5.74, 6) is -1.72. The Morgan fingerprint density at radius 1 is 0.816 bits per heavy atom. The van der Waals surface area contributed by atoms with Gasteiger partial charge in [0.05, 0.1) is 18.6 Å². The molecule has 49 heavy (non-hydrogen) atoms. The molecule has 0 radical (unpaired) electrons. The van der Waals surface area contributed by atoms with E-state index in [2.05, 4.69) is 26.2 Å². The molecule has 2 heterocycles. The summed E-state index contributed by atoms with van der Waals surface area (Å²) in [7, 11) is 1.98. The lowest BCUT2D eigenvalue weighted by Crippen LogP contribution is -2.57. The summed E-state index contributed by atoms with van der Waals surface area (Å²) in [6, 6.07) is 13.1. The Hall–Kier alpha value is -4.45. The first-order valence-corrected chi connectivity index (χ1v) is 17.5. The number of fused-ring (bicyclic) bond motifs is 1. The predicted octanol–water partition coefficient (Wildman–Crippen LogP) is 2.28. The number of likely N-dealkylation sites (N-methyl/N-ethyl adjacent to an activating group) is 1. The summed E-state index contributed by atoms with van der Waals surface area (Å²) < 4.78 is 6.00. The molecule has 0 unspecified atom stereocenters. The van der Waals surface area contributed by atoms with Gasteiger partial charge in [0, 0.05) is 39.1 Å². The van der Waals surface area contributed by atoms with Crippen LogP contribution in [0.4, 0.5) is 0 Å². The van der Waals surface area contributed by atoms with Crippen molar-refractivity contribution in [2.24, 2.45) is 5.92 Å². The number of rotatable bonds is 5. The highest BCUT2D eigenvalue weighted by Gasteiger charge is 2.33. The van der Waals surface area contributed by atoms with Crippen LogP contribution in [0.1, 0.15) is 68.3 Å². The van der Waals surface area contributed by atoms with Crippen LogP contribution in [0.3, 0.4) is 0 Å². The quantitative estimate of drug-likeness (QED) is 0.380. The fourth-order valence-corrected chi connectivity index (χ4v) is 6.03. The standard InChI is InChI=1S/C37H52N6O6/c1-26(2)23-29-35(46)38-17-11-4-5-12-22-49-32-16-10-9-15-28(32)34(45)41-31(37(48)43-20-18-42(3)19-21-43)25-33(44)39-30(36(47)40-29)24-27-13-7-6-8-14-27/h6-10,13-16,26,29-31H,4-5,11-12,17-25H2,1-3H3,(H,38,46)(H,39,44)(H,40,47)(H,41,45)/t29-,30-,31-/m0/s1. The zero-order valence-corrected chi connectivity index (χ0v) is 29.0. The van der Waals surface area contributed by atoms with E-state index >= 15 is 0 Å². The summed E-state index contributed by atoms with van der Waals surface area (Å²) >= 11 is 0. The fraction of sp³-hybridized carbons (Fsp3) is 0.541. The van der Waals surface area contributed by atoms with Crippen molar-refractivity contribution < 1.29 is 28.7 Å². The fourth-order valence-electron chi connectivity index (χ4n) is 6.03. The molecular weight excluding hydrogens is 624 g/mol. The van der Waals surface area contributed by atoms with Gasteiger partial charge in [0.25, 0.3) is 5.91 Å². The van der Waals surface area contributed by atoms with Crippen molar-refractivity contribution in [3.05, 3.63) is 65.7 Å². The molecule has 0 spiro atoms. The van der Waals surface area contributed by atoms with Crippen LogP contribution in [0.5, 0.6) is 5.75 Å². The van der Waals surface area contributed by atoms with Gasteiger partial charge in [-0.15, -0.1) is 0 Å². The van der Waals surface area contributed by atoms with E-state index in [1.54, 1.807) is 29.2 Å². The van der Waals surface area contributed by atoms with Crippen molar-refractivity contribution in [3.63, 3.8) is 0 Å². The normalized spacial score (nSPS) is 22.8. The Morgan fingerprint density at radius 3 is 2.24 bits per heavy atom. The summed E-state index contributed by atoms with van der Waals surface area (Å²) in [6.07, 6.45) is 3.47. The molecule has 2 aromatic rings. The molecule has 12 nitrogen and oxygen atoms in total. The van der Waals surface area contributed by atoms with Gasteiger partial charge in [0.15, 0.2) is 0 Å². The van der Waals surface area contributed by atoms with Crippen molar-refractivity contribution in [3.8, 4) is 5.75 Å². The van der Waals surface area contributed by atoms with Crippen molar-refractivity contribution in [2.75, 3.05) is 46.4 Å². The second-order valence-electron chi connectivity index (χ2n) is 13.4. The van der Waals surface area contributed by atoms with Gasteiger partial charge in [-0.05, 0) is 49.9 Å². The van der Waals surface area contributed by atoms with E-state index in [1.165, 1.54) is 0 Å². The second kappa shape index (κ2) is 18.9. The molecule has 1 saturated heterocycles. The lowest BCUT2D eigenvalue weighted by molar-refractivity contribution is -0.137. The smallest absolute Gasteiger partial charge is 0.255 e. The number of piperazine rings is 1. The number of hydrogen-bond acceptors (Lipinski definition) is 7. The average Bonchev–Trinajstić information content (AvgIpc) is 3.08. The molecule has 0 aromatic heterocycles. The van der Waals surface area contributed by atoms with Crippen molar-refractivity contribution in [1.82, 2.24) is 31.1 Å². The molecular formula is C37H52N6O6. The number of carbonyl (C=O) groups excluding carboxylic acids is 5. The third-order valence-corrected chi connectivity index (χ3v) is 8.84. The lowest BCUT2D eigenvalue weighted by Gasteiger charge is -2.34. The van der Waals surface area contributed by atoms with Crippen molar-refractivity contribution >= 4 is 29.5 Å². The molecule has 0 saturated carbocycles. The van der Waals surface area contributed by atoms with Gasteiger partial charge in [-0.25, -0.2) is 0 Å². The number of nitrogens with zero attached hydrogens (tertiary/aromatic N) is 2. The number of carbonyl (C=O) groups is 5. The predicted molar refractivity (Wildman–Crippen MR) is 187 cm³/mol. The van der Waals surface area contributed by atoms with Gasteiger partial charge in [-0.1, -0.05) is 69.2 Å². The maximum absolute atomic E-state index is 13.9. The van der Waals surface area contributed by atoms with Gasteiger partial charge in [0.2, 0.25) is 23.6 Å². The summed E-state index contributed by atoms with van der Waals surface area (Å²) in [5.41, 5.74) is 1.08. The van der Waals surface area contributed by atoms with E-state index in [1.807, 2.05) is 51.2 Å². The van der Waals surface area contributed by atoms with Crippen LogP contribution in [0.25, 0.3) is 0 Å². The highest BCUT2D eigenvalue weighted by Crippen LogP contribution is 2.20. The Kier molecular flexibility index (Phi) is 14.4. The van der Waals surface area contributed by atoms with E-state index in [0.29, 0.717) is 51.5 Å². The van der Waals surface area contributed by atoms with Crippen LogP contribution in [-0.4, -0.2) is 104 Å². The second-order valence-corrected chi connectivity index (χ2v) is 13.4. The van der Waals surface area contributed by atoms with E-state index < -0.39 is 35.8 Å². The lowest BCUT2D eigenvalue weighted by atomic mass is 10.0. The molecule has 0 bridgehead atoms. The van der Waals surface area contributed by atoms with E-state index in [0.717, 1.165) is 31.2 Å². The number of amides is 5. The van der Waals surface area contributed by atoms with Crippen LogP contribution in [0, 0.1) is 5.92 Å². The SMILES string of the molecule is CC(C)C[C@@H]1NC(=O)[C@H](Cc2ccccc2)NC(=O)C[C@@H](C(=O)N2CCN(C)CC2)NC(=O)c2ccccc2OCCCCCCNC1=O. The number of ether oxygens (including phenoxy) is 1. The number of para-hydroxylation sites is 1. The molecule has 266 valence electrons. The van der Waals surface area contributed by atoms with Gasteiger partial charge >= 0.3 is 0 Å². The Bertz CT molecular complexity index is 1410. The minimum atomic E-state index is -1.18. The van der Waals surface area contributed by atoms with Gasteiger partial charge < -0.3 is 35.8 Å². The average molecular weight is 677 g/mol. The first-order valence-electron chi connectivity index (χ1n) is 17.5. The number of nitrogens with one attached hydrogen (secondary N) is 4. The summed E-state index contributed by atoms with van der Waals surface area (Å²) in [6.45, 7) is 7.08. The molecule has 2 aliphatic rings. The van der Waals surface area contributed by atoms with Gasteiger partial charge in [-0.3, -0.25) is 24.0 Å². The minimum absolute atomic E-state index is 0.127. The molecule has 5 amide bonds. The highest BCUT2D eigenvalue weighted by atomic mass is 16.5. The van der Waals surface area contributed by atoms with Crippen LogP contribution >= 0.6 is 0 Å². The minimum Gasteiger partial charge on any atom is -0.493 e. The Balaban J connectivity index is 1.63. The zero-order valence-electron chi connectivity index (χ0n) is 29.0. The molecule has 2 aromatic carbocycles. The molecule has 12 heteroatoms. The molecule has 4 rings (SSSR count). The third kappa shape index (κ3) is 11.9. The van der Waals surface area contributed by atoms with E-state index in [-0.39, 0.29) is 36.1 Å². The molecule has 1 fully saturated rings. The first kappa shape index (κ1) is 37.4. The van der Waals surface area contributed by atoms with Crippen LogP contribution in [0.2, 0.25) is 0 Å².